The Morgan fingerprint density at radius 2 is 1.48 bits per heavy atom. The third-order valence-electron chi connectivity index (χ3n) is 5.39. The molecule has 120 valence electrons. The van der Waals surface area contributed by atoms with Gasteiger partial charge < -0.3 is 4.43 Å². The van der Waals surface area contributed by atoms with Crippen LogP contribution in [0.3, 0.4) is 0 Å². The normalized spacial score (nSPS) is 12.7. The van der Waals surface area contributed by atoms with E-state index < -0.39 is 8.32 Å². The van der Waals surface area contributed by atoms with Gasteiger partial charge in [0, 0.05) is 15.6 Å². The zero-order chi connectivity index (χ0) is 15.9. The van der Waals surface area contributed by atoms with Crippen LogP contribution in [0, 0.1) is 3.57 Å². The summed E-state index contributed by atoms with van der Waals surface area (Å²) in [5, 5.41) is 0. The van der Waals surface area contributed by atoms with Crippen molar-refractivity contribution in [3.8, 4) is 0 Å². The van der Waals surface area contributed by atoms with Gasteiger partial charge in [-0.3, -0.25) is 0 Å². The maximum atomic E-state index is 6.67. The van der Waals surface area contributed by atoms with Crippen LogP contribution in [0.1, 0.15) is 53.0 Å². The Morgan fingerprint density at radius 1 is 0.952 bits per heavy atom. The fourth-order valence-corrected chi connectivity index (χ4v) is 6.81. The molecule has 0 heterocycles. The Hall–Kier alpha value is 0.127. The van der Waals surface area contributed by atoms with Gasteiger partial charge in [-0.15, -0.1) is 0 Å². The first kappa shape index (κ1) is 19.2. The molecule has 0 fully saturated rings. The number of rotatable bonds is 9. The Labute approximate surface area is 146 Å². The summed E-state index contributed by atoms with van der Waals surface area (Å²) in [6.07, 6.45) is 2.29. The van der Waals surface area contributed by atoms with Gasteiger partial charge in [0.2, 0.25) is 0 Å². The standard InChI is InChI=1S/C18H31IOSi/c1-6-18(7-2,16-13-11-12-14-17(16)19)15-20-21(8-3,9-4)10-5/h11-14H,6-10,15H2,1-5H3. The van der Waals surface area contributed by atoms with Gasteiger partial charge in [-0.05, 0) is 65.2 Å². The van der Waals surface area contributed by atoms with Gasteiger partial charge in [-0.2, -0.15) is 0 Å². The van der Waals surface area contributed by atoms with E-state index in [1.54, 1.807) is 0 Å². The largest absolute Gasteiger partial charge is 0.416 e. The molecule has 1 aromatic rings. The van der Waals surface area contributed by atoms with Crippen LogP contribution in [0.25, 0.3) is 0 Å². The highest BCUT2D eigenvalue weighted by atomic mass is 127. The Morgan fingerprint density at radius 3 is 1.90 bits per heavy atom. The van der Waals surface area contributed by atoms with Gasteiger partial charge in [0.15, 0.2) is 8.32 Å². The summed E-state index contributed by atoms with van der Waals surface area (Å²) in [5.41, 5.74) is 1.65. The number of halogens is 1. The highest BCUT2D eigenvalue weighted by Gasteiger charge is 2.36. The molecule has 0 radical (unpaired) electrons. The summed E-state index contributed by atoms with van der Waals surface area (Å²) in [6, 6.07) is 12.5. The van der Waals surface area contributed by atoms with Crippen molar-refractivity contribution in [1.82, 2.24) is 0 Å². The summed E-state index contributed by atoms with van der Waals surface area (Å²) in [7, 11) is -1.51. The lowest BCUT2D eigenvalue weighted by Gasteiger charge is -2.38. The molecule has 0 saturated heterocycles. The summed E-state index contributed by atoms with van der Waals surface area (Å²) in [5.74, 6) is 0. The molecule has 21 heavy (non-hydrogen) atoms. The van der Waals surface area contributed by atoms with Crippen LogP contribution in [0.5, 0.6) is 0 Å². The van der Waals surface area contributed by atoms with E-state index in [0.717, 1.165) is 19.4 Å². The average Bonchev–Trinajstić information content (AvgIpc) is 2.54. The van der Waals surface area contributed by atoms with E-state index in [2.05, 4.69) is 81.5 Å². The second kappa shape index (κ2) is 8.68. The van der Waals surface area contributed by atoms with Crippen LogP contribution in [-0.4, -0.2) is 14.9 Å². The summed E-state index contributed by atoms with van der Waals surface area (Å²) in [4.78, 5) is 0. The minimum atomic E-state index is -1.51. The molecule has 1 nitrogen and oxygen atoms in total. The zero-order valence-electron chi connectivity index (χ0n) is 14.3. The van der Waals surface area contributed by atoms with Crippen molar-refractivity contribution >= 4 is 30.9 Å². The monoisotopic (exact) mass is 418 g/mol. The fraction of sp³-hybridized carbons (Fsp3) is 0.667. The highest BCUT2D eigenvalue weighted by molar-refractivity contribution is 14.1. The summed E-state index contributed by atoms with van der Waals surface area (Å²) < 4.78 is 8.04. The van der Waals surface area contributed by atoms with Crippen LogP contribution in [0.15, 0.2) is 24.3 Å². The van der Waals surface area contributed by atoms with E-state index >= 15 is 0 Å². The molecule has 0 bridgehead atoms. The molecule has 1 aromatic carbocycles. The van der Waals surface area contributed by atoms with Crippen LogP contribution in [-0.2, 0) is 9.84 Å². The lowest BCUT2D eigenvalue weighted by Crippen LogP contribution is -2.42. The number of hydrogen-bond donors (Lipinski definition) is 0. The topological polar surface area (TPSA) is 9.23 Å². The van der Waals surface area contributed by atoms with Crippen molar-refractivity contribution in [2.75, 3.05) is 6.61 Å². The average molecular weight is 418 g/mol. The van der Waals surface area contributed by atoms with Crippen molar-refractivity contribution in [1.29, 1.82) is 0 Å². The van der Waals surface area contributed by atoms with Gasteiger partial charge in [0.05, 0.1) is 0 Å². The van der Waals surface area contributed by atoms with E-state index in [9.17, 15) is 0 Å². The van der Waals surface area contributed by atoms with Crippen LogP contribution >= 0.6 is 22.6 Å². The van der Waals surface area contributed by atoms with E-state index in [1.165, 1.54) is 27.3 Å². The lowest BCUT2D eigenvalue weighted by molar-refractivity contribution is 0.191. The molecule has 0 N–H and O–H groups in total. The third-order valence-corrected chi connectivity index (χ3v) is 10.9. The molecule has 0 saturated carbocycles. The predicted octanol–water partition coefficient (Wildman–Crippen LogP) is 6.37. The highest BCUT2D eigenvalue weighted by Crippen LogP contribution is 2.36. The molecular formula is C18H31IOSi. The molecule has 1 rings (SSSR count). The maximum absolute atomic E-state index is 6.67. The molecule has 0 unspecified atom stereocenters. The van der Waals surface area contributed by atoms with E-state index in [-0.39, 0.29) is 5.41 Å². The molecule has 0 atom stereocenters. The molecule has 0 aromatic heterocycles. The predicted molar refractivity (Wildman–Crippen MR) is 105 cm³/mol. The molecule has 0 aliphatic carbocycles. The second-order valence-electron chi connectivity index (χ2n) is 6.00. The Balaban J connectivity index is 3.05. The van der Waals surface area contributed by atoms with Gasteiger partial charge in [-0.25, -0.2) is 0 Å². The van der Waals surface area contributed by atoms with Crippen molar-refractivity contribution < 1.29 is 4.43 Å². The molecule has 0 aliphatic rings. The van der Waals surface area contributed by atoms with E-state index in [0.29, 0.717) is 0 Å². The van der Waals surface area contributed by atoms with Gasteiger partial charge in [-0.1, -0.05) is 52.8 Å². The SMILES string of the molecule is CCC(CC)(CO[Si](CC)(CC)CC)c1ccccc1I. The lowest BCUT2D eigenvalue weighted by atomic mass is 9.77. The Bertz CT molecular complexity index is 417. The van der Waals surface area contributed by atoms with Crippen molar-refractivity contribution in [2.24, 2.45) is 0 Å². The van der Waals surface area contributed by atoms with E-state index in [1.807, 2.05) is 0 Å². The van der Waals surface area contributed by atoms with E-state index in [4.69, 9.17) is 4.43 Å². The molecule has 0 amide bonds. The first-order chi connectivity index (χ1) is 10.0. The van der Waals surface area contributed by atoms with Crippen molar-refractivity contribution in [3.63, 3.8) is 0 Å². The van der Waals surface area contributed by atoms with Gasteiger partial charge in [0.25, 0.3) is 0 Å². The molecule has 0 aliphatic heterocycles. The molecular weight excluding hydrogens is 387 g/mol. The smallest absolute Gasteiger partial charge is 0.192 e. The second-order valence-corrected chi connectivity index (χ2v) is 11.9. The van der Waals surface area contributed by atoms with Crippen LogP contribution < -0.4 is 0 Å². The fourth-order valence-electron chi connectivity index (χ4n) is 3.15. The molecule has 0 spiro atoms. The van der Waals surface area contributed by atoms with Crippen LogP contribution in [0.2, 0.25) is 18.1 Å². The van der Waals surface area contributed by atoms with Crippen molar-refractivity contribution in [2.45, 2.75) is 71.0 Å². The van der Waals surface area contributed by atoms with Gasteiger partial charge >= 0.3 is 0 Å². The van der Waals surface area contributed by atoms with Gasteiger partial charge in [0.1, 0.15) is 0 Å². The maximum Gasteiger partial charge on any atom is 0.192 e. The summed E-state index contributed by atoms with van der Waals surface area (Å²) in [6.45, 7) is 12.4. The zero-order valence-corrected chi connectivity index (χ0v) is 17.5. The van der Waals surface area contributed by atoms with Crippen molar-refractivity contribution in [3.05, 3.63) is 33.4 Å². The van der Waals surface area contributed by atoms with Crippen LogP contribution in [0.4, 0.5) is 0 Å². The number of benzene rings is 1. The minimum absolute atomic E-state index is 0.176. The Kier molecular flexibility index (Phi) is 7.92. The number of hydrogen-bond acceptors (Lipinski definition) is 1. The first-order valence-electron chi connectivity index (χ1n) is 8.42. The first-order valence-corrected chi connectivity index (χ1v) is 12.0. The third kappa shape index (κ3) is 4.32. The quantitative estimate of drug-likeness (QED) is 0.334. The molecule has 3 heteroatoms. The summed E-state index contributed by atoms with van der Waals surface area (Å²) >= 11 is 2.48. The minimum Gasteiger partial charge on any atom is -0.416 e.